The Morgan fingerprint density at radius 1 is 0.647 bits per heavy atom. The Balaban J connectivity index is 1.73. The fraction of sp³-hybridized carbons (Fsp3) is 0.600. The maximum Gasteiger partial charge on any atom is 0.163 e. The molecule has 180 valence electrons. The van der Waals surface area contributed by atoms with Crippen LogP contribution in [0, 0.1) is 34.5 Å². The molecule has 1 saturated carbocycles. The minimum atomic E-state index is -0.504. The number of hydrogen-bond donors (Lipinski definition) is 0. The van der Waals surface area contributed by atoms with E-state index < -0.39 is 10.8 Å². The van der Waals surface area contributed by atoms with Crippen molar-refractivity contribution in [1.82, 2.24) is 0 Å². The first-order valence-electron chi connectivity index (χ1n) is 12.7. The number of hydrogen-bond acceptors (Lipinski definition) is 4. The highest BCUT2D eigenvalue weighted by Gasteiger charge is 2.79. The van der Waals surface area contributed by atoms with Crippen LogP contribution in [0.1, 0.15) is 81.1 Å². The van der Waals surface area contributed by atoms with Gasteiger partial charge in [-0.1, -0.05) is 50.0 Å². The number of Topliss-reactive ketones (excluding diaryl/α,β-unsaturated/α-hetero) is 4. The summed E-state index contributed by atoms with van der Waals surface area (Å²) in [5.41, 5.74) is 6.44. The second kappa shape index (κ2) is 7.08. The van der Waals surface area contributed by atoms with Crippen molar-refractivity contribution in [3.8, 4) is 0 Å². The maximum absolute atomic E-state index is 13.9. The molecule has 4 nitrogen and oxygen atoms in total. The fourth-order valence-electron chi connectivity index (χ4n) is 8.34. The highest BCUT2D eigenvalue weighted by Crippen LogP contribution is 2.79. The molecule has 1 fully saturated rings. The van der Waals surface area contributed by atoms with E-state index in [1.165, 1.54) is 0 Å². The van der Waals surface area contributed by atoms with E-state index in [-0.39, 0.29) is 46.8 Å². The average molecular weight is 461 g/mol. The number of carbonyl (C=O) groups excluding carboxylic acids is 4. The molecule has 34 heavy (non-hydrogen) atoms. The zero-order valence-electron chi connectivity index (χ0n) is 21.8. The molecule has 0 aromatic carbocycles. The molecule has 0 spiro atoms. The van der Waals surface area contributed by atoms with Gasteiger partial charge in [0, 0.05) is 35.5 Å². The Hall–Kier alpha value is -2.36. The second-order valence-electron chi connectivity index (χ2n) is 12.2. The van der Waals surface area contributed by atoms with Crippen LogP contribution in [0.15, 0.2) is 44.6 Å². The van der Waals surface area contributed by atoms with E-state index in [0.29, 0.717) is 25.7 Å². The molecular formula is C30H36O4. The number of rotatable bonds is 0. The van der Waals surface area contributed by atoms with E-state index in [1.54, 1.807) is 0 Å². The molecule has 0 aliphatic heterocycles. The van der Waals surface area contributed by atoms with Gasteiger partial charge in [0.2, 0.25) is 0 Å². The van der Waals surface area contributed by atoms with Crippen molar-refractivity contribution in [3.05, 3.63) is 44.6 Å². The van der Waals surface area contributed by atoms with Gasteiger partial charge in [-0.15, -0.1) is 0 Å². The summed E-state index contributed by atoms with van der Waals surface area (Å²) in [5, 5.41) is 0. The van der Waals surface area contributed by atoms with Gasteiger partial charge in [0.25, 0.3) is 0 Å². The van der Waals surface area contributed by atoms with Crippen molar-refractivity contribution < 1.29 is 19.2 Å². The second-order valence-corrected chi connectivity index (χ2v) is 12.2. The normalized spacial score (nSPS) is 39.4. The summed E-state index contributed by atoms with van der Waals surface area (Å²) in [6.07, 6.45) is 1.71. The predicted molar refractivity (Wildman–Crippen MR) is 131 cm³/mol. The van der Waals surface area contributed by atoms with Gasteiger partial charge in [0.15, 0.2) is 23.1 Å². The lowest BCUT2D eigenvalue weighted by molar-refractivity contribution is -0.163. The van der Waals surface area contributed by atoms with Crippen molar-refractivity contribution in [2.45, 2.75) is 81.1 Å². The quantitative estimate of drug-likeness (QED) is 0.437. The maximum atomic E-state index is 13.9. The van der Waals surface area contributed by atoms with Gasteiger partial charge < -0.3 is 0 Å². The summed E-state index contributed by atoms with van der Waals surface area (Å²) >= 11 is 0. The first-order chi connectivity index (χ1) is 15.8. The Morgan fingerprint density at radius 3 is 1.26 bits per heavy atom. The Kier molecular flexibility index (Phi) is 4.87. The van der Waals surface area contributed by atoms with Crippen molar-refractivity contribution in [3.63, 3.8) is 0 Å². The molecule has 5 rings (SSSR count). The molecule has 0 radical (unpaired) electrons. The van der Waals surface area contributed by atoms with Gasteiger partial charge in [-0.25, -0.2) is 0 Å². The number of carbonyl (C=O) groups is 4. The average Bonchev–Trinajstić information content (AvgIpc) is 2.89. The first kappa shape index (κ1) is 23.4. The van der Waals surface area contributed by atoms with Crippen LogP contribution >= 0.6 is 0 Å². The zero-order chi connectivity index (χ0) is 25.1. The number of allylic oxidation sites excluding steroid dienone is 8. The molecule has 5 aliphatic rings. The van der Waals surface area contributed by atoms with Crippen LogP contribution < -0.4 is 0 Å². The summed E-state index contributed by atoms with van der Waals surface area (Å²) in [6.45, 7) is 16.2. The summed E-state index contributed by atoms with van der Waals surface area (Å²) in [5.74, 6) is -0.518. The van der Waals surface area contributed by atoms with Crippen LogP contribution in [0.5, 0.6) is 0 Å². The third kappa shape index (κ3) is 2.50. The summed E-state index contributed by atoms with van der Waals surface area (Å²) in [6, 6.07) is 0. The minimum Gasteiger partial charge on any atom is -0.295 e. The number of fused-ring (bicyclic) bond motifs is 6. The van der Waals surface area contributed by atoms with E-state index in [4.69, 9.17) is 0 Å². The first-order valence-corrected chi connectivity index (χ1v) is 12.7. The lowest BCUT2D eigenvalue weighted by atomic mass is 9.37. The van der Waals surface area contributed by atoms with Gasteiger partial charge in [0.1, 0.15) is 0 Å². The molecule has 5 aliphatic carbocycles. The molecule has 0 N–H and O–H groups in total. The van der Waals surface area contributed by atoms with Crippen LogP contribution in [0.3, 0.4) is 0 Å². The van der Waals surface area contributed by atoms with Crippen molar-refractivity contribution >= 4 is 23.1 Å². The molecule has 6 atom stereocenters. The lowest BCUT2D eigenvalue weighted by Crippen LogP contribution is -2.64. The zero-order valence-corrected chi connectivity index (χ0v) is 21.8. The molecule has 0 heterocycles. The van der Waals surface area contributed by atoms with Crippen LogP contribution in [0.25, 0.3) is 0 Å². The third-order valence-corrected chi connectivity index (χ3v) is 10.2. The van der Waals surface area contributed by atoms with Gasteiger partial charge >= 0.3 is 0 Å². The van der Waals surface area contributed by atoms with E-state index >= 15 is 0 Å². The summed E-state index contributed by atoms with van der Waals surface area (Å²) in [4.78, 5) is 54.0. The van der Waals surface area contributed by atoms with Crippen LogP contribution in [0.2, 0.25) is 0 Å². The smallest absolute Gasteiger partial charge is 0.163 e. The summed E-state index contributed by atoms with van der Waals surface area (Å²) < 4.78 is 0. The third-order valence-electron chi connectivity index (χ3n) is 10.2. The van der Waals surface area contributed by atoms with E-state index in [1.807, 2.05) is 41.5 Å². The highest BCUT2D eigenvalue weighted by atomic mass is 16.1. The molecular weight excluding hydrogens is 424 g/mol. The van der Waals surface area contributed by atoms with E-state index in [0.717, 1.165) is 44.6 Å². The van der Waals surface area contributed by atoms with Crippen LogP contribution in [-0.2, 0) is 19.2 Å². The highest BCUT2D eigenvalue weighted by molar-refractivity contribution is 6.15. The topological polar surface area (TPSA) is 68.3 Å². The predicted octanol–water partition coefficient (Wildman–Crippen LogP) is 5.67. The molecule has 0 unspecified atom stereocenters. The molecule has 0 saturated heterocycles. The largest absolute Gasteiger partial charge is 0.295 e. The van der Waals surface area contributed by atoms with Crippen LogP contribution in [-0.4, -0.2) is 23.1 Å². The van der Waals surface area contributed by atoms with Gasteiger partial charge in [-0.2, -0.15) is 0 Å². The van der Waals surface area contributed by atoms with Gasteiger partial charge in [-0.3, -0.25) is 19.2 Å². The Bertz CT molecular complexity index is 1130. The molecule has 4 heteroatoms. The lowest BCUT2D eigenvalue weighted by Gasteiger charge is -2.63. The molecule has 0 aromatic heterocycles. The van der Waals surface area contributed by atoms with Gasteiger partial charge in [-0.05, 0) is 74.7 Å². The number of ketones is 4. The van der Waals surface area contributed by atoms with E-state index in [2.05, 4.69) is 13.8 Å². The minimum absolute atomic E-state index is 0.0902. The fourth-order valence-corrected chi connectivity index (χ4v) is 8.34. The monoisotopic (exact) mass is 460 g/mol. The standard InChI is InChI=1S/C30H36O4/c1-13(2)17-11-19-23(15(5)9-21(17)31)27(33)25-26-28(34)24-16(6)10-22(32)18(14(3)4)12-20(24)30(26,8)29(19,25)7/h15-16,25-26H,9-12H2,1-8H3/t15-,16+,25-,26-,29+,30+/m0/s1. The SMILES string of the molecule is CC(C)=C1CC2=C(C(=O)[C@@H]3[C@H]4C(=O)C5=C(CC(=C(C)C)C(=O)C[C@@H]5C)[C@@]4(C)[C@]23C)[C@H](C)CC1=O. The van der Waals surface area contributed by atoms with Gasteiger partial charge in [0.05, 0.1) is 0 Å². The Labute approximate surface area is 202 Å². The van der Waals surface area contributed by atoms with Crippen molar-refractivity contribution in [2.24, 2.45) is 34.5 Å². The molecule has 0 amide bonds. The Morgan fingerprint density at radius 2 is 0.971 bits per heavy atom. The van der Waals surface area contributed by atoms with Crippen molar-refractivity contribution in [1.29, 1.82) is 0 Å². The van der Waals surface area contributed by atoms with Crippen LogP contribution in [0.4, 0.5) is 0 Å². The molecule has 0 bridgehead atoms. The molecule has 0 aromatic rings. The van der Waals surface area contributed by atoms with Crippen molar-refractivity contribution in [2.75, 3.05) is 0 Å². The van der Waals surface area contributed by atoms with E-state index in [9.17, 15) is 19.2 Å². The summed E-state index contributed by atoms with van der Waals surface area (Å²) in [7, 11) is 0.